The van der Waals surface area contributed by atoms with Crippen LogP contribution in [0.4, 0.5) is 0 Å². The zero-order valence-electron chi connectivity index (χ0n) is 14.8. The Morgan fingerprint density at radius 3 is 2.04 bits per heavy atom. The quantitative estimate of drug-likeness (QED) is 0.478. The number of carbonyl (C=O) groups is 2. The van der Waals surface area contributed by atoms with Gasteiger partial charge in [0.1, 0.15) is 0 Å². The van der Waals surface area contributed by atoms with Crippen molar-refractivity contribution >= 4 is 11.8 Å². The van der Waals surface area contributed by atoms with Crippen LogP contribution in [0, 0.1) is 13.8 Å². The van der Waals surface area contributed by atoms with E-state index in [2.05, 4.69) is 0 Å². The number of rotatable bonds is 5. The standard InChI is InChI=1S/C23H20O3/c1-16-12-14-18(15-13-16)21(24)22(19-9-4-3-5-10-19)26-23(25)20-11-7-6-8-17(20)2/h3-15,22H,1-2H3. The summed E-state index contributed by atoms with van der Waals surface area (Å²) < 4.78 is 5.66. The lowest BCUT2D eigenvalue weighted by Crippen LogP contribution is -2.20. The van der Waals surface area contributed by atoms with Crippen molar-refractivity contribution in [2.24, 2.45) is 0 Å². The van der Waals surface area contributed by atoms with Gasteiger partial charge in [0, 0.05) is 11.1 Å². The number of carbonyl (C=O) groups excluding carboxylic acids is 2. The van der Waals surface area contributed by atoms with Gasteiger partial charge in [0.15, 0.2) is 6.10 Å². The zero-order chi connectivity index (χ0) is 18.5. The number of hydrogen-bond donors (Lipinski definition) is 0. The van der Waals surface area contributed by atoms with Crippen LogP contribution in [0.1, 0.15) is 43.5 Å². The van der Waals surface area contributed by atoms with E-state index in [9.17, 15) is 9.59 Å². The molecule has 0 heterocycles. The van der Waals surface area contributed by atoms with Crippen molar-refractivity contribution in [3.8, 4) is 0 Å². The van der Waals surface area contributed by atoms with E-state index in [4.69, 9.17) is 4.74 Å². The number of ether oxygens (including phenoxy) is 1. The Kier molecular flexibility index (Phi) is 5.28. The van der Waals surface area contributed by atoms with Gasteiger partial charge in [0.25, 0.3) is 0 Å². The molecule has 0 fully saturated rings. The topological polar surface area (TPSA) is 43.4 Å². The van der Waals surface area contributed by atoms with Crippen molar-refractivity contribution in [3.63, 3.8) is 0 Å². The molecule has 3 aromatic rings. The first-order chi connectivity index (χ1) is 12.6. The Bertz CT molecular complexity index is 912. The highest BCUT2D eigenvalue weighted by molar-refractivity contribution is 6.02. The molecule has 0 radical (unpaired) electrons. The van der Waals surface area contributed by atoms with Crippen molar-refractivity contribution in [1.82, 2.24) is 0 Å². The van der Waals surface area contributed by atoms with Crippen LogP contribution in [0.25, 0.3) is 0 Å². The van der Waals surface area contributed by atoms with Gasteiger partial charge in [-0.3, -0.25) is 4.79 Å². The monoisotopic (exact) mass is 344 g/mol. The van der Waals surface area contributed by atoms with Gasteiger partial charge in [-0.05, 0) is 25.5 Å². The molecule has 0 saturated carbocycles. The summed E-state index contributed by atoms with van der Waals surface area (Å²) in [5, 5.41) is 0. The molecule has 26 heavy (non-hydrogen) atoms. The maximum absolute atomic E-state index is 13.0. The summed E-state index contributed by atoms with van der Waals surface area (Å²) in [5.41, 5.74) is 3.51. The molecule has 3 heteroatoms. The average Bonchev–Trinajstić information content (AvgIpc) is 2.67. The second kappa shape index (κ2) is 7.79. The summed E-state index contributed by atoms with van der Waals surface area (Å²) in [4.78, 5) is 25.7. The molecular formula is C23H20O3. The van der Waals surface area contributed by atoms with Crippen molar-refractivity contribution in [2.75, 3.05) is 0 Å². The predicted octanol–water partition coefficient (Wildman–Crippen LogP) is 5.08. The minimum Gasteiger partial charge on any atom is -0.445 e. The fraction of sp³-hybridized carbons (Fsp3) is 0.130. The molecule has 0 aliphatic carbocycles. The highest BCUT2D eigenvalue weighted by Gasteiger charge is 2.27. The summed E-state index contributed by atoms with van der Waals surface area (Å²) >= 11 is 0. The molecule has 0 N–H and O–H groups in total. The van der Waals surface area contributed by atoms with Crippen molar-refractivity contribution in [1.29, 1.82) is 0 Å². The third-order valence-corrected chi connectivity index (χ3v) is 4.27. The van der Waals surface area contributed by atoms with Gasteiger partial charge in [0.05, 0.1) is 5.56 Å². The third kappa shape index (κ3) is 3.89. The van der Waals surface area contributed by atoms with E-state index in [0.29, 0.717) is 16.7 Å². The first kappa shape index (κ1) is 17.6. The van der Waals surface area contributed by atoms with Crippen LogP contribution in [0.5, 0.6) is 0 Å². The second-order valence-electron chi connectivity index (χ2n) is 6.24. The van der Waals surface area contributed by atoms with Crippen LogP contribution in [0.3, 0.4) is 0 Å². The van der Waals surface area contributed by atoms with Crippen molar-refractivity contribution in [2.45, 2.75) is 20.0 Å². The van der Waals surface area contributed by atoms with E-state index in [1.165, 1.54) is 0 Å². The Morgan fingerprint density at radius 1 is 0.769 bits per heavy atom. The van der Waals surface area contributed by atoms with Gasteiger partial charge in [-0.2, -0.15) is 0 Å². The van der Waals surface area contributed by atoms with E-state index in [-0.39, 0.29) is 5.78 Å². The Balaban J connectivity index is 1.94. The van der Waals surface area contributed by atoms with Gasteiger partial charge >= 0.3 is 5.97 Å². The van der Waals surface area contributed by atoms with E-state index in [1.54, 1.807) is 36.4 Å². The largest absolute Gasteiger partial charge is 0.445 e. The van der Waals surface area contributed by atoms with Crippen molar-refractivity contribution < 1.29 is 14.3 Å². The highest BCUT2D eigenvalue weighted by Crippen LogP contribution is 2.25. The minimum atomic E-state index is -0.981. The molecule has 3 aromatic carbocycles. The summed E-state index contributed by atoms with van der Waals surface area (Å²) in [5.74, 6) is -0.740. The molecule has 0 spiro atoms. The lowest BCUT2D eigenvalue weighted by atomic mass is 9.99. The smallest absolute Gasteiger partial charge is 0.339 e. The van der Waals surface area contributed by atoms with Crippen LogP contribution < -0.4 is 0 Å². The summed E-state index contributed by atoms with van der Waals surface area (Å²) in [7, 11) is 0. The molecule has 0 bridgehead atoms. The van der Waals surface area contributed by atoms with Gasteiger partial charge in [0.2, 0.25) is 5.78 Å². The average molecular weight is 344 g/mol. The van der Waals surface area contributed by atoms with E-state index in [0.717, 1.165) is 11.1 Å². The summed E-state index contributed by atoms with van der Waals surface area (Å²) in [6, 6.07) is 23.6. The molecule has 0 aliphatic rings. The Morgan fingerprint density at radius 2 is 1.38 bits per heavy atom. The summed E-state index contributed by atoms with van der Waals surface area (Å²) in [6.45, 7) is 3.80. The molecular weight excluding hydrogens is 324 g/mol. The predicted molar refractivity (Wildman–Crippen MR) is 101 cm³/mol. The fourth-order valence-corrected chi connectivity index (χ4v) is 2.74. The van der Waals surface area contributed by atoms with Crippen LogP contribution in [-0.4, -0.2) is 11.8 Å². The fourth-order valence-electron chi connectivity index (χ4n) is 2.74. The normalized spacial score (nSPS) is 11.6. The molecule has 0 aliphatic heterocycles. The molecule has 0 aromatic heterocycles. The summed E-state index contributed by atoms with van der Waals surface area (Å²) in [6.07, 6.45) is -0.981. The van der Waals surface area contributed by atoms with Crippen LogP contribution >= 0.6 is 0 Å². The zero-order valence-corrected chi connectivity index (χ0v) is 14.8. The number of esters is 1. The van der Waals surface area contributed by atoms with Gasteiger partial charge in [-0.1, -0.05) is 78.4 Å². The van der Waals surface area contributed by atoms with Crippen LogP contribution in [-0.2, 0) is 4.74 Å². The molecule has 3 rings (SSSR count). The van der Waals surface area contributed by atoms with Crippen molar-refractivity contribution in [3.05, 3.63) is 107 Å². The molecule has 130 valence electrons. The minimum absolute atomic E-state index is 0.238. The van der Waals surface area contributed by atoms with Gasteiger partial charge < -0.3 is 4.74 Å². The lowest BCUT2D eigenvalue weighted by molar-refractivity contribution is 0.0279. The van der Waals surface area contributed by atoms with Crippen LogP contribution in [0.2, 0.25) is 0 Å². The lowest BCUT2D eigenvalue weighted by Gasteiger charge is -2.18. The van der Waals surface area contributed by atoms with Crippen LogP contribution in [0.15, 0.2) is 78.9 Å². The van der Waals surface area contributed by atoms with Gasteiger partial charge in [-0.15, -0.1) is 0 Å². The molecule has 1 atom stereocenters. The maximum Gasteiger partial charge on any atom is 0.339 e. The Hall–Kier alpha value is -3.20. The second-order valence-corrected chi connectivity index (χ2v) is 6.24. The number of ketones is 1. The van der Waals surface area contributed by atoms with Gasteiger partial charge in [-0.25, -0.2) is 4.79 Å². The molecule has 1 unspecified atom stereocenters. The SMILES string of the molecule is Cc1ccc(C(=O)C(OC(=O)c2ccccc2C)c2ccccc2)cc1. The number of hydrogen-bond acceptors (Lipinski definition) is 3. The maximum atomic E-state index is 13.0. The number of Topliss-reactive ketones (excluding diaryl/α,β-unsaturated/α-hetero) is 1. The van der Waals surface area contributed by atoms with E-state index in [1.807, 2.05) is 56.3 Å². The first-order valence-electron chi connectivity index (χ1n) is 8.48. The number of benzene rings is 3. The number of aryl methyl sites for hydroxylation is 2. The third-order valence-electron chi connectivity index (χ3n) is 4.27. The molecule has 3 nitrogen and oxygen atoms in total. The molecule has 0 saturated heterocycles. The first-order valence-corrected chi connectivity index (χ1v) is 8.48. The highest BCUT2D eigenvalue weighted by atomic mass is 16.5. The Labute approximate surface area is 153 Å². The van der Waals surface area contributed by atoms with E-state index >= 15 is 0 Å². The molecule has 0 amide bonds. The van der Waals surface area contributed by atoms with E-state index < -0.39 is 12.1 Å².